The van der Waals surface area contributed by atoms with E-state index in [2.05, 4.69) is 0 Å². The molecule has 0 atom stereocenters. The molecule has 0 unspecified atom stereocenters. The zero-order valence-electron chi connectivity index (χ0n) is 10.2. The molecule has 0 amide bonds. The van der Waals surface area contributed by atoms with Gasteiger partial charge >= 0.3 is 0 Å². The Bertz CT molecular complexity index is 449. The highest BCUT2D eigenvalue weighted by Crippen LogP contribution is 2.34. The molecular formula is C13H15NO4. The van der Waals surface area contributed by atoms with Crippen LogP contribution in [0.1, 0.15) is 26.2 Å². The first-order valence-corrected chi connectivity index (χ1v) is 5.95. The summed E-state index contributed by atoms with van der Waals surface area (Å²) in [6.45, 7) is 1.60. The van der Waals surface area contributed by atoms with E-state index < -0.39 is 4.92 Å². The van der Waals surface area contributed by atoms with Gasteiger partial charge in [-0.2, -0.15) is 0 Å². The molecule has 1 aromatic carbocycles. The highest BCUT2D eigenvalue weighted by atomic mass is 16.6. The standard InChI is InChI=1S/C13H15NO4/c1-9(15)6-10-7-13(8-10)18-12-4-2-11(3-5-12)14(16)17/h2-5,10,13H,6-8H2,1H3. The lowest BCUT2D eigenvalue weighted by atomic mass is 9.79. The molecule has 1 aliphatic carbocycles. The molecule has 0 radical (unpaired) electrons. The molecule has 5 nitrogen and oxygen atoms in total. The van der Waals surface area contributed by atoms with Crippen molar-refractivity contribution in [3.63, 3.8) is 0 Å². The van der Waals surface area contributed by atoms with Gasteiger partial charge < -0.3 is 9.53 Å². The number of rotatable bonds is 5. The summed E-state index contributed by atoms with van der Waals surface area (Å²) in [6.07, 6.45) is 2.53. The largest absolute Gasteiger partial charge is 0.490 e. The van der Waals surface area contributed by atoms with E-state index >= 15 is 0 Å². The van der Waals surface area contributed by atoms with Gasteiger partial charge in [-0.1, -0.05) is 0 Å². The number of nitro groups is 1. The van der Waals surface area contributed by atoms with Gasteiger partial charge in [0, 0.05) is 18.6 Å². The summed E-state index contributed by atoms with van der Waals surface area (Å²) in [5.74, 6) is 1.30. The lowest BCUT2D eigenvalue weighted by molar-refractivity contribution is -0.384. The van der Waals surface area contributed by atoms with Crippen LogP contribution >= 0.6 is 0 Å². The van der Waals surface area contributed by atoms with Crippen LogP contribution in [0.3, 0.4) is 0 Å². The maximum Gasteiger partial charge on any atom is 0.269 e. The number of hydrogen-bond acceptors (Lipinski definition) is 4. The zero-order valence-corrected chi connectivity index (χ0v) is 10.2. The molecule has 1 fully saturated rings. The van der Waals surface area contributed by atoms with Gasteiger partial charge in [-0.25, -0.2) is 0 Å². The van der Waals surface area contributed by atoms with E-state index in [0.29, 0.717) is 18.1 Å². The van der Waals surface area contributed by atoms with E-state index in [1.807, 2.05) is 0 Å². The minimum atomic E-state index is -0.435. The van der Waals surface area contributed by atoms with Gasteiger partial charge in [-0.05, 0) is 37.8 Å². The van der Waals surface area contributed by atoms with Crippen molar-refractivity contribution < 1.29 is 14.5 Å². The Morgan fingerprint density at radius 2 is 2.00 bits per heavy atom. The average molecular weight is 249 g/mol. The van der Waals surface area contributed by atoms with Crippen molar-refractivity contribution in [3.05, 3.63) is 34.4 Å². The van der Waals surface area contributed by atoms with Crippen LogP contribution in [0.5, 0.6) is 5.75 Å². The van der Waals surface area contributed by atoms with Crippen LogP contribution in [0.4, 0.5) is 5.69 Å². The van der Waals surface area contributed by atoms with Crippen molar-refractivity contribution in [2.24, 2.45) is 5.92 Å². The smallest absolute Gasteiger partial charge is 0.269 e. The van der Waals surface area contributed by atoms with Gasteiger partial charge in [0.05, 0.1) is 11.0 Å². The lowest BCUT2D eigenvalue weighted by Crippen LogP contribution is -2.34. The Hall–Kier alpha value is -1.91. The van der Waals surface area contributed by atoms with Crippen LogP contribution in [-0.4, -0.2) is 16.8 Å². The maximum atomic E-state index is 10.9. The summed E-state index contributed by atoms with van der Waals surface area (Å²) in [7, 11) is 0. The van der Waals surface area contributed by atoms with Crippen molar-refractivity contribution in [2.75, 3.05) is 0 Å². The summed E-state index contributed by atoms with van der Waals surface area (Å²) in [5, 5.41) is 10.5. The maximum absolute atomic E-state index is 10.9. The van der Waals surface area contributed by atoms with Crippen molar-refractivity contribution in [3.8, 4) is 5.75 Å². The van der Waals surface area contributed by atoms with Crippen LogP contribution in [0.25, 0.3) is 0 Å². The predicted octanol–water partition coefficient (Wildman–Crippen LogP) is 2.73. The first-order valence-electron chi connectivity index (χ1n) is 5.95. The van der Waals surface area contributed by atoms with Crippen molar-refractivity contribution in [2.45, 2.75) is 32.3 Å². The summed E-state index contributed by atoms with van der Waals surface area (Å²) in [4.78, 5) is 21.0. The number of Topliss-reactive ketones (excluding diaryl/α,β-unsaturated/α-hetero) is 1. The number of nitro benzene ring substituents is 1. The van der Waals surface area contributed by atoms with Gasteiger partial charge in [0.15, 0.2) is 0 Å². The molecule has 0 N–H and O–H groups in total. The summed E-state index contributed by atoms with van der Waals surface area (Å²) < 4.78 is 5.66. The van der Waals surface area contributed by atoms with Gasteiger partial charge in [-0.15, -0.1) is 0 Å². The first kappa shape index (κ1) is 12.5. The van der Waals surface area contributed by atoms with E-state index in [4.69, 9.17) is 4.74 Å². The van der Waals surface area contributed by atoms with Gasteiger partial charge in [-0.3, -0.25) is 10.1 Å². The van der Waals surface area contributed by atoms with Crippen LogP contribution in [-0.2, 0) is 4.79 Å². The monoisotopic (exact) mass is 249 g/mol. The van der Waals surface area contributed by atoms with Gasteiger partial charge in [0.1, 0.15) is 11.5 Å². The van der Waals surface area contributed by atoms with Crippen LogP contribution in [0.15, 0.2) is 24.3 Å². The summed E-state index contributed by atoms with van der Waals surface area (Å²) in [5.41, 5.74) is 0.0606. The van der Waals surface area contributed by atoms with Gasteiger partial charge in [0.25, 0.3) is 5.69 Å². The minimum Gasteiger partial charge on any atom is -0.490 e. The second kappa shape index (κ2) is 5.16. The molecule has 0 heterocycles. The topological polar surface area (TPSA) is 69.4 Å². The van der Waals surface area contributed by atoms with E-state index in [1.54, 1.807) is 19.1 Å². The average Bonchev–Trinajstić information content (AvgIpc) is 2.26. The number of hydrogen-bond donors (Lipinski definition) is 0. The third-order valence-electron chi connectivity index (χ3n) is 3.12. The number of benzene rings is 1. The fourth-order valence-electron chi connectivity index (χ4n) is 2.18. The number of ketones is 1. The molecule has 18 heavy (non-hydrogen) atoms. The molecule has 0 spiro atoms. The highest BCUT2D eigenvalue weighted by Gasteiger charge is 2.31. The molecular weight excluding hydrogens is 234 g/mol. The Labute approximate surface area is 105 Å². The van der Waals surface area contributed by atoms with Gasteiger partial charge in [0.2, 0.25) is 0 Å². The number of carbonyl (C=O) groups is 1. The molecule has 1 saturated carbocycles. The second-order valence-electron chi connectivity index (χ2n) is 4.73. The molecule has 0 saturated heterocycles. The normalized spacial score (nSPS) is 22.1. The fourth-order valence-corrected chi connectivity index (χ4v) is 2.18. The van der Waals surface area contributed by atoms with E-state index in [-0.39, 0.29) is 17.6 Å². The number of non-ortho nitro benzene ring substituents is 1. The Morgan fingerprint density at radius 1 is 1.39 bits per heavy atom. The number of carbonyl (C=O) groups excluding carboxylic acids is 1. The molecule has 1 aromatic rings. The minimum absolute atomic E-state index is 0.0606. The Kier molecular flexibility index (Phi) is 3.60. The predicted molar refractivity (Wildman–Crippen MR) is 65.5 cm³/mol. The Morgan fingerprint density at radius 3 is 2.50 bits per heavy atom. The highest BCUT2D eigenvalue weighted by molar-refractivity contribution is 5.75. The van der Waals surface area contributed by atoms with E-state index in [1.165, 1.54) is 12.1 Å². The summed E-state index contributed by atoms with van der Waals surface area (Å²) >= 11 is 0. The molecule has 0 aromatic heterocycles. The van der Waals surface area contributed by atoms with Crippen molar-refractivity contribution in [1.82, 2.24) is 0 Å². The van der Waals surface area contributed by atoms with Crippen molar-refractivity contribution >= 4 is 11.5 Å². The third-order valence-corrected chi connectivity index (χ3v) is 3.12. The second-order valence-corrected chi connectivity index (χ2v) is 4.73. The SMILES string of the molecule is CC(=O)CC1CC(Oc2ccc([N+](=O)[O-])cc2)C1. The first-order chi connectivity index (χ1) is 8.54. The lowest BCUT2D eigenvalue weighted by Gasteiger charge is -2.34. The third kappa shape index (κ3) is 3.06. The van der Waals surface area contributed by atoms with Crippen LogP contribution < -0.4 is 4.74 Å². The zero-order chi connectivity index (χ0) is 13.1. The fraction of sp³-hybridized carbons (Fsp3) is 0.462. The Balaban J connectivity index is 1.81. The molecule has 0 bridgehead atoms. The molecule has 5 heteroatoms. The van der Waals surface area contributed by atoms with Crippen LogP contribution in [0, 0.1) is 16.0 Å². The molecule has 0 aliphatic heterocycles. The molecule has 1 aliphatic rings. The molecule has 96 valence electrons. The van der Waals surface area contributed by atoms with E-state index in [9.17, 15) is 14.9 Å². The van der Waals surface area contributed by atoms with Crippen molar-refractivity contribution in [1.29, 1.82) is 0 Å². The number of nitrogens with zero attached hydrogens (tertiary/aromatic N) is 1. The van der Waals surface area contributed by atoms with Crippen LogP contribution in [0.2, 0.25) is 0 Å². The molecule has 2 rings (SSSR count). The van der Waals surface area contributed by atoms with E-state index in [0.717, 1.165) is 12.8 Å². The summed E-state index contributed by atoms with van der Waals surface area (Å²) in [6, 6.07) is 6.08. The number of ether oxygens (including phenoxy) is 1. The quantitative estimate of drug-likeness (QED) is 0.594.